The van der Waals surface area contributed by atoms with Crippen LogP contribution >= 0.6 is 22.9 Å². The lowest BCUT2D eigenvalue weighted by Crippen LogP contribution is -2.34. The van der Waals surface area contributed by atoms with Crippen molar-refractivity contribution in [2.45, 2.75) is 12.3 Å². The van der Waals surface area contributed by atoms with E-state index in [1.165, 1.54) is 25.8 Å². The van der Waals surface area contributed by atoms with Crippen molar-refractivity contribution >= 4 is 38.1 Å². The Hall–Kier alpha value is -0.780. The fourth-order valence-corrected chi connectivity index (χ4v) is 3.91. The standard InChI is InChI=1S/C10H10N2OS2/c13-8-1-2-11-5-7(8)9-3-6-4-12-15-10(6)14-9/h3-4,7,11H,1-2,5H2. The minimum Gasteiger partial charge on any atom is -0.315 e. The van der Waals surface area contributed by atoms with Crippen molar-refractivity contribution in [2.75, 3.05) is 13.1 Å². The predicted molar refractivity (Wildman–Crippen MR) is 62.7 cm³/mol. The minimum atomic E-state index is 0.0725. The number of fused-ring (bicyclic) bond motifs is 1. The first-order valence-corrected chi connectivity index (χ1v) is 6.51. The van der Waals surface area contributed by atoms with E-state index in [-0.39, 0.29) is 5.92 Å². The van der Waals surface area contributed by atoms with Crippen LogP contribution in [0.2, 0.25) is 0 Å². The Kier molecular flexibility index (Phi) is 2.31. The molecule has 0 amide bonds. The van der Waals surface area contributed by atoms with Gasteiger partial charge in [-0.3, -0.25) is 4.79 Å². The van der Waals surface area contributed by atoms with E-state index in [0.29, 0.717) is 12.2 Å². The summed E-state index contributed by atoms with van der Waals surface area (Å²) in [5.41, 5.74) is 0. The van der Waals surface area contributed by atoms with E-state index in [1.54, 1.807) is 11.3 Å². The smallest absolute Gasteiger partial charge is 0.143 e. The second-order valence-electron chi connectivity index (χ2n) is 3.69. The zero-order valence-electron chi connectivity index (χ0n) is 8.03. The van der Waals surface area contributed by atoms with Gasteiger partial charge in [0.1, 0.15) is 9.80 Å². The van der Waals surface area contributed by atoms with Crippen LogP contribution < -0.4 is 5.32 Å². The number of nitrogens with zero attached hydrogens (tertiary/aromatic N) is 1. The Morgan fingerprint density at radius 2 is 2.47 bits per heavy atom. The van der Waals surface area contributed by atoms with Gasteiger partial charge in [0.2, 0.25) is 0 Å². The molecule has 1 aliphatic rings. The van der Waals surface area contributed by atoms with Crippen molar-refractivity contribution in [2.24, 2.45) is 0 Å². The van der Waals surface area contributed by atoms with E-state index in [0.717, 1.165) is 13.1 Å². The SMILES string of the molecule is O=C1CCNCC1c1cc2cnsc2s1. The number of piperidine rings is 1. The molecule has 3 heterocycles. The summed E-state index contributed by atoms with van der Waals surface area (Å²) >= 11 is 3.22. The zero-order chi connectivity index (χ0) is 10.3. The van der Waals surface area contributed by atoms with Gasteiger partial charge >= 0.3 is 0 Å². The highest BCUT2D eigenvalue weighted by molar-refractivity contribution is 7.36. The van der Waals surface area contributed by atoms with Crippen LogP contribution in [0.4, 0.5) is 0 Å². The van der Waals surface area contributed by atoms with E-state index in [9.17, 15) is 4.79 Å². The Morgan fingerprint density at radius 1 is 1.53 bits per heavy atom. The first-order valence-electron chi connectivity index (χ1n) is 4.92. The molecule has 1 atom stereocenters. The zero-order valence-corrected chi connectivity index (χ0v) is 9.66. The number of carbonyl (C=O) groups excluding carboxylic acids is 1. The fraction of sp³-hybridized carbons (Fsp3) is 0.400. The molecule has 0 radical (unpaired) electrons. The van der Waals surface area contributed by atoms with Crippen molar-refractivity contribution in [3.05, 3.63) is 17.1 Å². The largest absolute Gasteiger partial charge is 0.315 e. The number of thiophene rings is 1. The second kappa shape index (κ2) is 3.66. The van der Waals surface area contributed by atoms with Gasteiger partial charge in [0.25, 0.3) is 0 Å². The predicted octanol–water partition coefficient (Wildman–Crippen LogP) is 2.00. The summed E-state index contributed by atoms with van der Waals surface area (Å²) in [6, 6.07) is 2.11. The second-order valence-corrected chi connectivity index (χ2v) is 5.83. The lowest BCUT2D eigenvalue weighted by molar-refractivity contribution is -0.121. The topological polar surface area (TPSA) is 42.0 Å². The Bertz CT molecular complexity index is 474. The molecule has 0 aliphatic carbocycles. The molecule has 1 unspecified atom stereocenters. The third-order valence-corrected chi connectivity index (χ3v) is 4.85. The van der Waals surface area contributed by atoms with Crippen LogP contribution in [-0.2, 0) is 4.79 Å². The number of ketones is 1. The summed E-state index contributed by atoms with van der Waals surface area (Å²) in [5.74, 6) is 0.443. The molecule has 5 heteroatoms. The van der Waals surface area contributed by atoms with Crippen LogP contribution in [0.5, 0.6) is 0 Å². The maximum atomic E-state index is 11.7. The monoisotopic (exact) mass is 238 g/mol. The van der Waals surface area contributed by atoms with Gasteiger partial charge in [-0.2, -0.15) is 4.37 Å². The molecule has 0 bridgehead atoms. The maximum Gasteiger partial charge on any atom is 0.143 e. The molecular formula is C10H10N2OS2. The summed E-state index contributed by atoms with van der Waals surface area (Å²) in [7, 11) is 0. The Morgan fingerprint density at radius 3 is 3.27 bits per heavy atom. The molecule has 1 fully saturated rings. The lowest BCUT2D eigenvalue weighted by Gasteiger charge is -2.20. The third kappa shape index (κ3) is 1.60. The average Bonchev–Trinajstić information content (AvgIpc) is 2.77. The summed E-state index contributed by atoms with van der Waals surface area (Å²) in [6.07, 6.45) is 2.54. The molecule has 1 aliphatic heterocycles. The third-order valence-electron chi connectivity index (χ3n) is 2.70. The van der Waals surface area contributed by atoms with Crippen molar-refractivity contribution in [1.29, 1.82) is 0 Å². The number of hydrogen-bond donors (Lipinski definition) is 1. The van der Waals surface area contributed by atoms with Gasteiger partial charge in [0.15, 0.2) is 0 Å². The molecule has 78 valence electrons. The van der Waals surface area contributed by atoms with E-state index in [1.807, 2.05) is 6.20 Å². The lowest BCUT2D eigenvalue weighted by atomic mass is 9.96. The Balaban J connectivity index is 1.98. The number of aromatic nitrogens is 1. The molecule has 1 saturated heterocycles. The molecule has 1 N–H and O–H groups in total. The van der Waals surface area contributed by atoms with Crippen molar-refractivity contribution in [3.63, 3.8) is 0 Å². The highest BCUT2D eigenvalue weighted by Gasteiger charge is 2.25. The summed E-state index contributed by atoms with van der Waals surface area (Å²) in [4.78, 5) is 12.9. The van der Waals surface area contributed by atoms with Crippen LogP contribution in [-0.4, -0.2) is 23.2 Å². The van der Waals surface area contributed by atoms with Gasteiger partial charge in [-0.15, -0.1) is 11.3 Å². The van der Waals surface area contributed by atoms with Crippen LogP contribution in [0.3, 0.4) is 0 Å². The molecule has 0 aromatic carbocycles. The molecule has 15 heavy (non-hydrogen) atoms. The first kappa shape index (κ1) is 9.45. The van der Waals surface area contributed by atoms with Gasteiger partial charge in [-0.1, -0.05) is 0 Å². The number of hydrogen-bond acceptors (Lipinski definition) is 5. The van der Waals surface area contributed by atoms with Gasteiger partial charge in [-0.25, -0.2) is 0 Å². The van der Waals surface area contributed by atoms with Crippen LogP contribution in [0.15, 0.2) is 12.3 Å². The number of rotatable bonds is 1. The number of Topliss-reactive ketones (excluding diaryl/α,β-unsaturated/α-hetero) is 1. The summed E-state index contributed by atoms with van der Waals surface area (Å²) in [6.45, 7) is 1.62. The minimum absolute atomic E-state index is 0.0725. The van der Waals surface area contributed by atoms with Gasteiger partial charge in [0.05, 0.1) is 5.92 Å². The molecule has 2 aromatic rings. The molecule has 2 aromatic heterocycles. The highest BCUT2D eigenvalue weighted by Crippen LogP contribution is 2.34. The van der Waals surface area contributed by atoms with Gasteiger partial charge in [-0.05, 0) is 17.6 Å². The van der Waals surface area contributed by atoms with Crippen molar-refractivity contribution < 1.29 is 4.79 Å². The van der Waals surface area contributed by atoms with Crippen LogP contribution in [0.25, 0.3) is 9.40 Å². The number of nitrogens with one attached hydrogen (secondary N) is 1. The summed E-state index contributed by atoms with van der Waals surface area (Å²) in [5, 5.41) is 4.45. The van der Waals surface area contributed by atoms with E-state index in [2.05, 4.69) is 15.8 Å². The maximum absolute atomic E-state index is 11.7. The normalized spacial score (nSPS) is 22.4. The quantitative estimate of drug-likeness (QED) is 0.826. The molecule has 0 spiro atoms. The van der Waals surface area contributed by atoms with E-state index in [4.69, 9.17) is 0 Å². The van der Waals surface area contributed by atoms with E-state index >= 15 is 0 Å². The Labute approximate surface area is 95.3 Å². The van der Waals surface area contributed by atoms with Crippen molar-refractivity contribution in [3.8, 4) is 0 Å². The molecule has 3 rings (SSSR count). The highest BCUT2D eigenvalue weighted by atomic mass is 32.2. The number of carbonyl (C=O) groups is 1. The summed E-state index contributed by atoms with van der Waals surface area (Å²) < 4.78 is 5.34. The van der Waals surface area contributed by atoms with E-state index < -0.39 is 0 Å². The van der Waals surface area contributed by atoms with Gasteiger partial charge < -0.3 is 5.32 Å². The van der Waals surface area contributed by atoms with Crippen LogP contribution in [0.1, 0.15) is 17.2 Å². The molecule has 0 saturated carbocycles. The molecular weight excluding hydrogens is 228 g/mol. The molecule has 3 nitrogen and oxygen atoms in total. The van der Waals surface area contributed by atoms with Crippen molar-refractivity contribution in [1.82, 2.24) is 9.69 Å². The first-order chi connectivity index (χ1) is 7.34. The average molecular weight is 238 g/mol. The fourth-order valence-electron chi connectivity index (χ4n) is 1.88. The van der Waals surface area contributed by atoms with Crippen LogP contribution in [0, 0.1) is 0 Å². The van der Waals surface area contributed by atoms with Gasteiger partial charge in [0, 0.05) is 36.0 Å².